The molecule has 0 amide bonds. The number of aliphatic carboxylic acids is 1. The maximum Gasteiger partial charge on any atom is 0.303 e. The Hall–Kier alpha value is -1.45. The number of allylic oxidation sites excluding steroid dienone is 2. The summed E-state index contributed by atoms with van der Waals surface area (Å²) in [6.07, 6.45) is 8.75. The van der Waals surface area contributed by atoms with Crippen LogP contribution in [0.25, 0.3) is 0 Å². The Morgan fingerprint density at radius 3 is 2.30 bits per heavy atom. The van der Waals surface area contributed by atoms with Crippen molar-refractivity contribution in [3.8, 4) is 0 Å². The lowest BCUT2D eigenvalue weighted by atomic mass is 9.35. The van der Waals surface area contributed by atoms with Crippen LogP contribution in [-0.4, -0.2) is 22.6 Å². The third kappa shape index (κ3) is 3.32. The fraction of sp³-hybridized carbons (Fsp3) is 0.828. The summed E-state index contributed by atoms with van der Waals surface area (Å²) in [5, 5.41) is 9.48. The Balaban J connectivity index is 1.86. The highest BCUT2D eigenvalue weighted by atomic mass is 16.4. The van der Waals surface area contributed by atoms with Gasteiger partial charge in [0.15, 0.2) is 5.78 Å². The van der Waals surface area contributed by atoms with Crippen LogP contribution >= 0.6 is 0 Å². The summed E-state index contributed by atoms with van der Waals surface area (Å²) in [5.74, 6) is 0.478. The van der Waals surface area contributed by atoms with Gasteiger partial charge in [-0.1, -0.05) is 47.1 Å². The number of carbonyl (C=O) groups excluding carboxylic acids is 2. The zero-order valence-corrected chi connectivity index (χ0v) is 21.8. The maximum atomic E-state index is 14.1. The number of carboxylic acid groups (broad SMARTS) is 1. The molecule has 0 radical (unpaired) electrons. The van der Waals surface area contributed by atoms with Gasteiger partial charge in [-0.3, -0.25) is 14.4 Å². The Kier molecular flexibility index (Phi) is 5.82. The molecular weight excluding hydrogens is 412 g/mol. The van der Waals surface area contributed by atoms with Crippen LogP contribution in [0.3, 0.4) is 0 Å². The average Bonchev–Trinajstić information content (AvgIpc) is 2.71. The third-order valence-electron chi connectivity index (χ3n) is 11.8. The van der Waals surface area contributed by atoms with Crippen molar-refractivity contribution in [2.24, 2.45) is 51.2 Å². The summed E-state index contributed by atoms with van der Waals surface area (Å²) < 4.78 is 0. The van der Waals surface area contributed by atoms with Gasteiger partial charge in [0, 0.05) is 18.3 Å². The standard InChI is InChI=1S/C29H44O4/c1-17-8-11-26(4)14-15-28(6)21(24(26)18(17)2)16-22(31)25-27(5,12-10-23(32)33)20(19(3)30)9-13-29(25,28)7/h16-18,20,24-25H,8-15H2,1-7H3,(H,32,33)/t17?,18-,20?,24?,25?,26?,27?,28+,29+/m0/s1. The molecule has 3 saturated carbocycles. The van der Waals surface area contributed by atoms with Gasteiger partial charge in [0.2, 0.25) is 0 Å². The molecule has 0 bridgehead atoms. The number of hydrogen-bond acceptors (Lipinski definition) is 3. The van der Waals surface area contributed by atoms with Gasteiger partial charge in [0.05, 0.1) is 0 Å². The van der Waals surface area contributed by atoms with E-state index in [1.807, 2.05) is 13.0 Å². The molecule has 0 aromatic carbocycles. The van der Waals surface area contributed by atoms with Crippen molar-refractivity contribution < 1.29 is 19.5 Å². The normalized spacial score (nSPS) is 49.4. The van der Waals surface area contributed by atoms with Gasteiger partial charge in [0.1, 0.15) is 5.78 Å². The fourth-order valence-electron chi connectivity index (χ4n) is 9.45. The van der Waals surface area contributed by atoms with E-state index in [1.54, 1.807) is 6.92 Å². The maximum absolute atomic E-state index is 14.1. The van der Waals surface area contributed by atoms with Crippen molar-refractivity contribution in [1.82, 2.24) is 0 Å². The third-order valence-corrected chi connectivity index (χ3v) is 11.8. The first-order valence-corrected chi connectivity index (χ1v) is 13.2. The van der Waals surface area contributed by atoms with E-state index >= 15 is 0 Å². The van der Waals surface area contributed by atoms with Gasteiger partial charge in [-0.05, 0) is 97.4 Å². The minimum absolute atomic E-state index is 0.00265. The molecule has 4 rings (SSSR count). The van der Waals surface area contributed by atoms with Gasteiger partial charge in [-0.2, -0.15) is 0 Å². The number of fused-ring (bicyclic) bond motifs is 5. The van der Waals surface area contributed by atoms with Crippen molar-refractivity contribution >= 4 is 17.5 Å². The van der Waals surface area contributed by atoms with E-state index in [4.69, 9.17) is 0 Å². The molecule has 4 nitrogen and oxygen atoms in total. The van der Waals surface area contributed by atoms with E-state index < -0.39 is 11.4 Å². The number of Topliss-reactive ketones (excluding diaryl/α,β-unsaturated/α-hetero) is 1. The molecule has 33 heavy (non-hydrogen) atoms. The Bertz CT molecular complexity index is 903. The van der Waals surface area contributed by atoms with E-state index in [0.717, 1.165) is 19.3 Å². The van der Waals surface area contributed by atoms with E-state index in [2.05, 4.69) is 34.6 Å². The zero-order chi connectivity index (χ0) is 24.6. The Morgan fingerprint density at radius 1 is 1.03 bits per heavy atom. The fourth-order valence-corrected chi connectivity index (χ4v) is 9.45. The minimum atomic E-state index is -0.852. The molecule has 0 aromatic rings. The van der Waals surface area contributed by atoms with Crippen LogP contribution in [0, 0.1) is 51.2 Å². The number of rotatable bonds is 4. The second-order valence-corrected chi connectivity index (χ2v) is 13.3. The summed E-state index contributed by atoms with van der Waals surface area (Å²) in [6, 6.07) is 0. The molecule has 0 aromatic heterocycles. The molecule has 0 saturated heterocycles. The summed E-state index contributed by atoms with van der Waals surface area (Å²) in [4.78, 5) is 38.4. The number of ketones is 2. The average molecular weight is 457 g/mol. The Morgan fingerprint density at radius 2 is 1.70 bits per heavy atom. The van der Waals surface area contributed by atoms with Crippen LogP contribution in [0.15, 0.2) is 11.6 Å². The first-order chi connectivity index (χ1) is 15.2. The van der Waals surface area contributed by atoms with Crippen molar-refractivity contribution in [1.29, 1.82) is 0 Å². The smallest absolute Gasteiger partial charge is 0.303 e. The lowest BCUT2D eigenvalue weighted by Crippen LogP contribution is -2.64. The molecule has 4 aliphatic rings. The molecule has 4 aliphatic carbocycles. The highest BCUT2D eigenvalue weighted by molar-refractivity contribution is 5.96. The van der Waals surface area contributed by atoms with Crippen LogP contribution in [-0.2, 0) is 14.4 Å². The zero-order valence-electron chi connectivity index (χ0n) is 21.8. The second-order valence-electron chi connectivity index (χ2n) is 13.3. The van der Waals surface area contributed by atoms with Crippen LogP contribution < -0.4 is 0 Å². The molecule has 0 heterocycles. The molecule has 9 atom stereocenters. The van der Waals surface area contributed by atoms with Crippen LogP contribution in [0.1, 0.15) is 99.8 Å². The predicted octanol–water partition coefficient (Wildman–Crippen LogP) is 6.48. The molecule has 184 valence electrons. The van der Waals surface area contributed by atoms with E-state index in [9.17, 15) is 19.5 Å². The monoisotopic (exact) mass is 456 g/mol. The van der Waals surface area contributed by atoms with Gasteiger partial charge < -0.3 is 5.11 Å². The van der Waals surface area contributed by atoms with Crippen molar-refractivity contribution in [3.63, 3.8) is 0 Å². The Labute approximate surface area is 200 Å². The van der Waals surface area contributed by atoms with Crippen LogP contribution in [0.2, 0.25) is 0 Å². The number of carbonyl (C=O) groups is 3. The number of carboxylic acids is 1. The topological polar surface area (TPSA) is 71.4 Å². The lowest BCUT2D eigenvalue weighted by Gasteiger charge is -2.68. The van der Waals surface area contributed by atoms with Crippen LogP contribution in [0.5, 0.6) is 0 Å². The van der Waals surface area contributed by atoms with E-state index in [0.29, 0.717) is 24.2 Å². The summed E-state index contributed by atoms with van der Waals surface area (Å²) in [5.41, 5.74) is 0.665. The SMILES string of the molecule is CC(=O)C1CC[C@]2(C)C(C(=O)C=C3C4[C@@H](C)C(C)CCC4(C)CC[C@]32C)C1(C)CCC(=O)O. The van der Waals surface area contributed by atoms with Gasteiger partial charge in [-0.25, -0.2) is 0 Å². The van der Waals surface area contributed by atoms with Crippen LogP contribution in [0.4, 0.5) is 0 Å². The largest absolute Gasteiger partial charge is 0.481 e. The minimum Gasteiger partial charge on any atom is -0.481 e. The predicted molar refractivity (Wildman–Crippen MR) is 130 cm³/mol. The quantitative estimate of drug-likeness (QED) is 0.526. The van der Waals surface area contributed by atoms with Crippen molar-refractivity contribution in [2.75, 3.05) is 0 Å². The molecule has 1 N–H and O–H groups in total. The van der Waals surface area contributed by atoms with E-state index in [-0.39, 0.29) is 46.1 Å². The molecule has 6 unspecified atom stereocenters. The van der Waals surface area contributed by atoms with Gasteiger partial charge in [-0.15, -0.1) is 0 Å². The highest BCUT2D eigenvalue weighted by Gasteiger charge is 2.68. The summed E-state index contributed by atoms with van der Waals surface area (Å²) >= 11 is 0. The first-order valence-electron chi connectivity index (χ1n) is 13.2. The summed E-state index contributed by atoms with van der Waals surface area (Å²) in [6.45, 7) is 15.6. The van der Waals surface area contributed by atoms with Gasteiger partial charge >= 0.3 is 5.97 Å². The summed E-state index contributed by atoms with van der Waals surface area (Å²) in [7, 11) is 0. The molecule has 3 fully saturated rings. The molecule has 4 heteroatoms. The second kappa shape index (κ2) is 7.78. The first kappa shape index (κ1) is 24.7. The van der Waals surface area contributed by atoms with Gasteiger partial charge in [0.25, 0.3) is 0 Å². The number of hydrogen-bond donors (Lipinski definition) is 1. The molecular formula is C29H44O4. The van der Waals surface area contributed by atoms with Crippen molar-refractivity contribution in [2.45, 2.75) is 99.8 Å². The van der Waals surface area contributed by atoms with Crippen molar-refractivity contribution in [3.05, 3.63) is 11.6 Å². The highest BCUT2D eigenvalue weighted by Crippen LogP contribution is 2.73. The lowest BCUT2D eigenvalue weighted by molar-refractivity contribution is -0.171. The molecule has 0 spiro atoms. The van der Waals surface area contributed by atoms with E-state index in [1.165, 1.54) is 24.8 Å². The molecule has 0 aliphatic heterocycles.